The highest BCUT2D eigenvalue weighted by Crippen LogP contribution is 2.23. The maximum Gasteiger partial charge on any atom is 0.0661 e. The Bertz CT molecular complexity index is 387. The molecule has 0 aliphatic heterocycles. The molecule has 1 rings (SSSR count). The SMILES string of the molecule is CC(C)C(C#N)Cc1ccc(C(C)(C)C)cc1. The van der Waals surface area contributed by atoms with Gasteiger partial charge in [0.05, 0.1) is 12.0 Å². The van der Waals surface area contributed by atoms with E-state index in [1.54, 1.807) is 0 Å². The van der Waals surface area contributed by atoms with Gasteiger partial charge in [-0.2, -0.15) is 5.26 Å². The Labute approximate surface area is 105 Å². The maximum absolute atomic E-state index is 9.09. The molecular formula is C16H23N. The molecule has 0 radical (unpaired) electrons. The zero-order valence-electron chi connectivity index (χ0n) is 11.6. The molecule has 1 nitrogen and oxygen atoms in total. The van der Waals surface area contributed by atoms with Gasteiger partial charge in [-0.3, -0.25) is 0 Å². The van der Waals surface area contributed by atoms with E-state index < -0.39 is 0 Å². The fourth-order valence-electron chi connectivity index (χ4n) is 1.83. The molecule has 1 unspecified atom stereocenters. The fourth-order valence-corrected chi connectivity index (χ4v) is 1.83. The third-order valence-corrected chi connectivity index (χ3v) is 3.25. The predicted octanol–water partition coefficient (Wildman–Crippen LogP) is 4.32. The topological polar surface area (TPSA) is 23.8 Å². The quantitative estimate of drug-likeness (QED) is 0.757. The van der Waals surface area contributed by atoms with Crippen LogP contribution in [0.25, 0.3) is 0 Å². The van der Waals surface area contributed by atoms with Crippen LogP contribution in [0.3, 0.4) is 0 Å². The lowest BCUT2D eigenvalue weighted by Crippen LogP contribution is -2.12. The zero-order chi connectivity index (χ0) is 13.1. The van der Waals surface area contributed by atoms with Crippen LogP contribution in [-0.4, -0.2) is 0 Å². The van der Waals surface area contributed by atoms with Crippen molar-refractivity contribution < 1.29 is 0 Å². The maximum atomic E-state index is 9.09. The van der Waals surface area contributed by atoms with Crippen molar-refractivity contribution in [3.8, 4) is 6.07 Å². The Morgan fingerprint density at radius 2 is 1.65 bits per heavy atom. The van der Waals surface area contributed by atoms with Gasteiger partial charge in [0.15, 0.2) is 0 Å². The third-order valence-electron chi connectivity index (χ3n) is 3.25. The van der Waals surface area contributed by atoms with Gasteiger partial charge >= 0.3 is 0 Å². The first-order chi connectivity index (χ1) is 7.84. The first-order valence-corrected chi connectivity index (χ1v) is 6.33. The first kappa shape index (κ1) is 13.8. The second kappa shape index (κ2) is 5.36. The predicted molar refractivity (Wildman–Crippen MR) is 72.8 cm³/mol. The molecular weight excluding hydrogens is 206 g/mol. The normalized spacial score (nSPS) is 13.5. The first-order valence-electron chi connectivity index (χ1n) is 6.33. The number of hydrogen-bond acceptors (Lipinski definition) is 1. The van der Waals surface area contributed by atoms with Gasteiger partial charge in [0.2, 0.25) is 0 Å². The molecule has 0 bridgehead atoms. The Kier molecular flexibility index (Phi) is 4.34. The summed E-state index contributed by atoms with van der Waals surface area (Å²) < 4.78 is 0. The van der Waals surface area contributed by atoms with Gasteiger partial charge in [0.25, 0.3) is 0 Å². The van der Waals surface area contributed by atoms with Crippen LogP contribution in [-0.2, 0) is 11.8 Å². The molecule has 0 aromatic heterocycles. The van der Waals surface area contributed by atoms with Crippen molar-refractivity contribution >= 4 is 0 Å². The van der Waals surface area contributed by atoms with Crippen LogP contribution in [0, 0.1) is 23.2 Å². The Morgan fingerprint density at radius 3 is 2.00 bits per heavy atom. The van der Waals surface area contributed by atoms with Crippen LogP contribution < -0.4 is 0 Å². The van der Waals surface area contributed by atoms with Crippen LogP contribution in [0.4, 0.5) is 0 Å². The highest BCUT2D eigenvalue weighted by atomic mass is 14.3. The van der Waals surface area contributed by atoms with Crippen LogP contribution in [0.15, 0.2) is 24.3 Å². The van der Waals surface area contributed by atoms with Gasteiger partial charge in [-0.05, 0) is 28.9 Å². The molecule has 92 valence electrons. The lowest BCUT2D eigenvalue weighted by atomic mass is 9.85. The van der Waals surface area contributed by atoms with Crippen LogP contribution >= 0.6 is 0 Å². The average Bonchev–Trinajstić information content (AvgIpc) is 2.25. The summed E-state index contributed by atoms with van der Waals surface area (Å²) in [6.07, 6.45) is 0.860. The monoisotopic (exact) mass is 229 g/mol. The number of nitrogens with zero attached hydrogens (tertiary/aromatic N) is 1. The summed E-state index contributed by atoms with van der Waals surface area (Å²) in [5.74, 6) is 0.540. The minimum atomic E-state index is 0.121. The van der Waals surface area contributed by atoms with Gasteiger partial charge < -0.3 is 0 Å². The van der Waals surface area contributed by atoms with E-state index in [9.17, 15) is 0 Å². The van der Waals surface area contributed by atoms with Crippen LogP contribution in [0.1, 0.15) is 45.7 Å². The summed E-state index contributed by atoms with van der Waals surface area (Å²) in [5, 5.41) is 9.09. The van der Waals surface area contributed by atoms with Gasteiger partial charge in [-0.1, -0.05) is 58.9 Å². The molecule has 0 aliphatic carbocycles. The molecule has 1 heteroatoms. The number of nitriles is 1. The van der Waals surface area contributed by atoms with E-state index in [-0.39, 0.29) is 11.3 Å². The molecule has 0 heterocycles. The number of rotatable bonds is 3. The molecule has 0 saturated heterocycles. The molecule has 0 amide bonds. The summed E-state index contributed by atoms with van der Waals surface area (Å²) in [4.78, 5) is 0. The van der Waals surface area contributed by atoms with Crippen molar-refractivity contribution in [2.24, 2.45) is 11.8 Å². The minimum absolute atomic E-state index is 0.121. The standard InChI is InChI=1S/C16H23N/c1-12(2)14(11-17)10-13-6-8-15(9-7-13)16(3,4)5/h6-9,12,14H,10H2,1-5H3. The van der Waals surface area contributed by atoms with Gasteiger partial charge in [-0.15, -0.1) is 0 Å². The van der Waals surface area contributed by atoms with Crippen molar-refractivity contribution in [3.63, 3.8) is 0 Å². The molecule has 0 N–H and O–H groups in total. The average molecular weight is 229 g/mol. The van der Waals surface area contributed by atoms with E-state index >= 15 is 0 Å². The second-order valence-corrected chi connectivity index (χ2v) is 6.13. The summed E-state index contributed by atoms with van der Waals surface area (Å²) >= 11 is 0. The zero-order valence-corrected chi connectivity index (χ0v) is 11.6. The summed E-state index contributed by atoms with van der Waals surface area (Å²) in [5.41, 5.74) is 2.81. The van der Waals surface area contributed by atoms with Crippen molar-refractivity contribution in [2.75, 3.05) is 0 Å². The van der Waals surface area contributed by atoms with Crippen molar-refractivity contribution in [3.05, 3.63) is 35.4 Å². The molecule has 1 aromatic rings. The largest absolute Gasteiger partial charge is 0.198 e. The van der Waals surface area contributed by atoms with E-state index in [0.29, 0.717) is 5.92 Å². The van der Waals surface area contributed by atoms with Crippen molar-refractivity contribution in [1.29, 1.82) is 5.26 Å². The summed E-state index contributed by atoms with van der Waals surface area (Å²) in [7, 11) is 0. The minimum Gasteiger partial charge on any atom is -0.198 e. The highest BCUT2D eigenvalue weighted by molar-refractivity contribution is 5.28. The smallest absolute Gasteiger partial charge is 0.0661 e. The Balaban J connectivity index is 2.79. The van der Waals surface area contributed by atoms with E-state index in [2.05, 4.69) is 65.0 Å². The van der Waals surface area contributed by atoms with Crippen LogP contribution in [0.5, 0.6) is 0 Å². The third kappa shape index (κ3) is 3.89. The van der Waals surface area contributed by atoms with E-state index in [4.69, 9.17) is 5.26 Å². The molecule has 1 atom stereocenters. The molecule has 0 fully saturated rings. The Hall–Kier alpha value is -1.29. The fraction of sp³-hybridized carbons (Fsp3) is 0.562. The van der Waals surface area contributed by atoms with E-state index in [0.717, 1.165) is 6.42 Å². The van der Waals surface area contributed by atoms with Crippen LogP contribution in [0.2, 0.25) is 0 Å². The van der Waals surface area contributed by atoms with Gasteiger partial charge in [-0.25, -0.2) is 0 Å². The Morgan fingerprint density at radius 1 is 1.12 bits per heavy atom. The molecule has 0 saturated carbocycles. The lowest BCUT2D eigenvalue weighted by molar-refractivity contribution is 0.473. The van der Waals surface area contributed by atoms with Gasteiger partial charge in [0, 0.05) is 0 Å². The van der Waals surface area contributed by atoms with Gasteiger partial charge in [0.1, 0.15) is 0 Å². The molecule has 0 aliphatic rings. The molecule has 17 heavy (non-hydrogen) atoms. The second-order valence-electron chi connectivity index (χ2n) is 6.13. The number of benzene rings is 1. The lowest BCUT2D eigenvalue weighted by Gasteiger charge is -2.19. The summed E-state index contributed by atoms with van der Waals surface area (Å²) in [6, 6.07) is 11.1. The molecule has 0 spiro atoms. The highest BCUT2D eigenvalue weighted by Gasteiger charge is 2.15. The van der Waals surface area contributed by atoms with Crippen molar-refractivity contribution in [2.45, 2.75) is 46.5 Å². The number of hydrogen-bond donors (Lipinski definition) is 0. The van der Waals surface area contributed by atoms with Crippen molar-refractivity contribution in [1.82, 2.24) is 0 Å². The van der Waals surface area contributed by atoms with E-state index in [1.165, 1.54) is 11.1 Å². The van der Waals surface area contributed by atoms with E-state index in [1.807, 2.05) is 0 Å². The summed E-state index contributed by atoms with van der Waals surface area (Å²) in [6.45, 7) is 10.9. The molecule has 1 aromatic carbocycles.